The van der Waals surface area contributed by atoms with Crippen LogP contribution in [0.1, 0.15) is 38.2 Å². The number of amides is 2. The highest BCUT2D eigenvalue weighted by molar-refractivity contribution is 7.92. The molecular weight excluding hydrogens is 490 g/mol. The van der Waals surface area contributed by atoms with E-state index in [9.17, 15) is 18.0 Å². The Labute approximate surface area is 212 Å². The van der Waals surface area contributed by atoms with Crippen molar-refractivity contribution in [1.29, 1.82) is 0 Å². The maximum Gasteiger partial charge on any atom is 0.244 e. The molecule has 190 valence electrons. The highest BCUT2D eigenvalue weighted by Gasteiger charge is 2.31. The van der Waals surface area contributed by atoms with Gasteiger partial charge in [-0.25, -0.2) is 8.42 Å². The summed E-state index contributed by atoms with van der Waals surface area (Å²) in [6.45, 7) is 1.33. The normalized spacial score (nSPS) is 14.9. The van der Waals surface area contributed by atoms with Gasteiger partial charge in [0.2, 0.25) is 21.8 Å². The largest absolute Gasteiger partial charge is 0.497 e. The zero-order valence-electron chi connectivity index (χ0n) is 20.2. The minimum atomic E-state index is -3.80. The summed E-state index contributed by atoms with van der Waals surface area (Å²) in [5, 5.41) is 3.39. The SMILES string of the molecule is COc1ccc(CN(C(=O)CN(c2cccc(Cl)c2)S(C)(=O)=O)[C@@H](C)C(=O)NC2CCCC2)cc1. The summed E-state index contributed by atoms with van der Waals surface area (Å²) in [5.74, 6) is -0.0874. The predicted octanol–water partition coefficient (Wildman–Crippen LogP) is 3.59. The molecule has 1 N–H and O–H groups in total. The number of sulfonamides is 1. The molecular formula is C25H32ClN3O5S. The molecule has 0 aliphatic heterocycles. The van der Waals surface area contributed by atoms with E-state index in [2.05, 4.69) is 5.32 Å². The number of benzene rings is 2. The van der Waals surface area contributed by atoms with Gasteiger partial charge < -0.3 is 15.0 Å². The van der Waals surface area contributed by atoms with E-state index >= 15 is 0 Å². The van der Waals surface area contributed by atoms with E-state index in [4.69, 9.17) is 16.3 Å². The molecule has 3 rings (SSSR count). The molecule has 1 aliphatic rings. The van der Waals surface area contributed by atoms with Crippen LogP contribution in [0.15, 0.2) is 48.5 Å². The third kappa shape index (κ3) is 7.35. The smallest absolute Gasteiger partial charge is 0.244 e. The number of carbonyl (C=O) groups excluding carboxylic acids is 2. The molecule has 35 heavy (non-hydrogen) atoms. The Kier molecular flexibility index (Phi) is 9.02. The quantitative estimate of drug-likeness (QED) is 0.515. The molecule has 10 heteroatoms. The van der Waals surface area contributed by atoms with Gasteiger partial charge in [-0.15, -0.1) is 0 Å². The number of carbonyl (C=O) groups is 2. The Morgan fingerprint density at radius 2 is 1.80 bits per heavy atom. The third-order valence-electron chi connectivity index (χ3n) is 6.16. The van der Waals surface area contributed by atoms with Crippen LogP contribution in [0.4, 0.5) is 5.69 Å². The van der Waals surface area contributed by atoms with Crippen molar-refractivity contribution < 1.29 is 22.7 Å². The van der Waals surface area contributed by atoms with Gasteiger partial charge in [0.05, 0.1) is 19.1 Å². The maximum absolute atomic E-state index is 13.6. The first-order chi connectivity index (χ1) is 16.6. The Morgan fingerprint density at radius 1 is 1.14 bits per heavy atom. The highest BCUT2D eigenvalue weighted by atomic mass is 35.5. The molecule has 1 aliphatic carbocycles. The summed E-state index contributed by atoms with van der Waals surface area (Å²) < 4.78 is 31.4. The number of ether oxygens (including phenoxy) is 1. The first-order valence-electron chi connectivity index (χ1n) is 11.5. The van der Waals surface area contributed by atoms with Crippen molar-refractivity contribution in [3.05, 3.63) is 59.1 Å². The van der Waals surface area contributed by atoms with E-state index in [1.165, 1.54) is 11.0 Å². The van der Waals surface area contributed by atoms with Crippen molar-refractivity contribution in [2.75, 3.05) is 24.2 Å². The average molecular weight is 522 g/mol. The number of methoxy groups -OCH3 is 1. The lowest BCUT2D eigenvalue weighted by Crippen LogP contribution is -2.52. The predicted molar refractivity (Wildman–Crippen MR) is 137 cm³/mol. The number of rotatable bonds is 10. The monoisotopic (exact) mass is 521 g/mol. The van der Waals surface area contributed by atoms with E-state index in [1.54, 1.807) is 44.4 Å². The maximum atomic E-state index is 13.6. The number of nitrogens with zero attached hydrogens (tertiary/aromatic N) is 2. The zero-order valence-corrected chi connectivity index (χ0v) is 21.8. The van der Waals surface area contributed by atoms with Gasteiger partial charge in [-0.3, -0.25) is 13.9 Å². The fourth-order valence-corrected chi connectivity index (χ4v) is 5.17. The molecule has 1 atom stereocenters. The molecule has 0 unspecified atom stereocenters. The van der Waals surface area contributed by atoms with Gasteiger partial charge in [0.15, 0.2) is 0 Å². The summed E-state index contributed by atoms with van der Waals surface area (Å²) in [7, 11) is -2.23. The number of anilines is 1. The van der Waals surface area contributed by atoms with Gasteiger partial charge in [0.25, 0.3) is 0 Å². The molecule has 0 aromatic heterocycles. The minimum Gasteiger partial charge on any atom is -0.497 e. The van der Waals surface area contributed by atoms with Crippen molar-refractivity contribution in [2.45, 2.75) is 51.2 Å². The van der Waals surface area contributed by atoms with Crippen molar-refractivity contribution >= 4 is 39.1 Å². The van der Waals surface area contributed by atoms with Gasteiger partial charge in [0, 0.05) is 17.6 Å². The van der Waals surface area contributed by atoms with Gasteiger partial charge in [0.1, 0.15) is 18.3 Å². The Balaban J connectivity index is 1.87. The van der Waals surface area contributed by atoms with E-state index in [0.717, 1.165) is 41.8 Å². The van der Waals surface area contributed by atoms with Crippen molar-refractivity contribution in [1.82, 2.24) is 10.2 Å². The van der Waals surface area contributed by atoms with Crippen molar-refractivity contribution in [3.63, 3.8) is 0 Å². The van der Waals surface area contributed by atoms with Gasteiger partial charge in [-0.2, -0.15) is 0 Å². The molecule has 0 radical (unpaired) electrons. The Morgan fingerprint density at radius 3 is 2.37 bits per heavy atom. The van der Waals surface area contributed by atoms with E-state index in [0.29, 0.717) is 10.8 Å². The number of nitrogens with one attached hydrogen (secondary N) is 1. The molecule has 2 aromatic rings. The molecule has 8 nitrogen and oxygen atoms in total. The highest BCUT2D eigenvalue weighted by Crippen LogP contribution is 2.23. The molecule has 0 saturated heterocycles. The fraction of sp³-hybridized carbons (Fsp3) is 0.440. The molecule has 1 saturated carbocycles. The average Bonchev–Trinajstić information content (AvgIpc) is 3.33. The molecule has 2 amide bonds. The lowest BCUT2D eigenvalue weighted by atomic mass is 10.1. The van der Waals surface area contributed by atoms with Crippen LogP contribution in [0, 0.1) is 0 Å². The van der Waals surface area contributed by atoms with Crippen LogP contribution < -0.4 is 14.4 Å². The van der Waals surface area contributed by atoms with Gasteiger partial charge in [-0.1, -0.05) is 42.6 Å². The molecule has 2 aromatic carbocycles. The Hall–Kier alpha value is -2.78. The molecule has 0 bridgehead atoms. The van der Waals surface area contributed by atoms with Crippen LogP contribution >= 0.6 is 11.6 Å². The van der Waals surface area contributed by atoms with Crippen LogP contribution in [0.2, 0.25) is 5.02 Å². The van der Waals surface area contributed by atoms with Crippen LogP contribution in [0.5, 0.6) is 5.75 Å². The van der Waals surface area contributed by atoms with E-state index < -0.39 is 28.5 Å². The molecule has 0 spiro atoms. The second-order valence-electron chi connectivity index (χ2n) is 8.79. The number of hydrogen-bond donors (Lipinski definition) is 1. The standard InChI is InChI=1S/C25H32ClN3O5S/c1-18(25(31)27-21-8-4-5-9-21)28(16-19-11-13-23(34-2)14-12-19)24(30)17-29(35(3,32)33)22-10-6-7-20(26)15-22/h6-7,10-15,18,21H,4-5,8-9,16-17H2,1-3H3,(H,27,31)/t18-/m0/s1. The topological polar surface area (TPSA) is 96.0 Å². The summed E-state index contributed by atoms with van der Waals surface area (Å²) in [6.07, 6.45) is 5.00. The second kappa shape index (κ2) is 11.8. The van der Waals surface area contributed by atoms with Gasteiger partial charge in [-0.05, 0) is 55.7 Å². The summed E-state index contributed by atoms with van der Waals surface area (Å²) in [6, 6.07) is 12.8. The minimum absolute atomic E-state index is 0.0990. The second-order valence-corrected chi connectivity index (χ2v) is 11.1. The van der Waals surface area contributed by atoms with Gasteiger partial charge >= 0.3 is 0 Å². The molecule has 0 heterocycles. The number of halogens is 1. The van der Waals surface area contributed by atoms with Crippen LogP contribution in [0.3, 0.4) is 0 Å². The molecule has 1 fully saturated rings. The van der Waals surface area contributed by atoms with E-state index in [-0.39, 0.29) is 24.2 Å². The van der Waals surface area contributed by atoms with Crippen LogP contribution in [0.25, 0.3) is 0 Å². The number of hydrogen-bond acceptors (Lipinski definition) is 5. The summed E-state index contributed by atoms with van der Waals surface area (Å²) in [4.78, 5) is 28.0. The zero-order chi connectivity index (χ0) is 25.6. The summed E-state index contributed by atoms with van der Waals surface area (Å²) in [5.41, 5.74) is 1.06. The van der Waals surface area contributed by atoms with Crippen LogP contribution in [-0.4, -0.2) is 57.1 Å². The summed E-state index contributed by atoms with van der Waals surface area (Å²) >= 11 is 6.06. The lowest BCUT2D eigenvalue weighted by Gasteiger charge is -2.32. The van der Waals surface area contributed by atoms with Crippen molar-refractivity contribution in [3.8, 4) is 5.75 Å². The fourth-order valence-electron chi connectivity index (χ4n) is 4.15. The third-order valence-corrected chi connectivity index (χ3v) is 7.53. The van der Waals surface area contributed by atoms with E-state index in [1.807, 2.05) is 12.1 Å². The van der Waals surface area contributed by atoms with Crippen molar-refractivity contribution in [2.24, 2.45) is 0 Å². The first-order valence-corrected chi connectivity index (χ1v) is 13.8. The Bertz CT molecular complexity index is 1130. The first kappa shape index (κ1) is 26.8. The lowest BCUT2D eigenvalue weighted by molar-refractivity contribution is -0.139. The van der Waals surface area contributed by atoms with Crippen LogP contribution in [-0.2, 0) is 26.2 Å².